The van der Waals surface area contributed by atoms with Gasteiger partial charge in [-0.25, -0.2) is 0 Å². The van der Waals surface area contributed by atoms with Crippen LogP contribution in [0.3, 0.4) is 0 Å². The first-order chi connectivity index (χ1) is 33.9. The van der Waals surface area contributed by atoms with E-state index in [0.717, 1.165) is 12.8 Å². The lowest BCUT2D eigenvalue weighted by molar-refractivity contribution is 0.569. The Morgan fingerprint density at radius 2 is 0.944 bits per heavy atom. The Labute approximate surface area is 436 Å². The Bertz CT molecular complexity index is 3430. The van der Waals surface area contributed by atoms with E-state index in [1.165, 1.54) is 134 Å². The lowest BCUT2D eigenvalue weighted by Gasteiger charge is -2.44. The zero-order valence-electron chi connectivity index (χ0n) is 45.9. The number of hydrogen-bond donors (Lipinski definition) is 0. The molecule has 1 aromatic heterocycles. The Kier molecular flexibility index (Phi) is 11.3. The second kappa shape index (κ2) is 16.9. The third kappa shape index (κ3) is 8.16. The number of nitrogens with zero attached hydrogens (tertiary/aromatic N) is 2. The van der Waals surface area contributed by atoms with Gasteiger partial charge >= 0.3 is 0 Å². The molecule has 72 heavy (non-hydrogen) atoms. The molecule has 0 amide bonds. The molecule has 0 spiro atoms. The van der Waals surface area contributed by atoms with Gasteiger partial charge in [0.2, 0.25) is 0 Å². The van der Waals surface area contributed by atoms with Crippen molar-refractivity contribution in [2.75, 3.05) is 9.80 Å². The molecule has 0 fully saturated rings. The summed E-state index contributed by atoms with van der Waals surface area (Å²) < 4.78 is 2.76. The molecule has 0 N–H and O–H groups in total. The van der Waals surface area contributed by atoms with E-state index in [1.54, 1.807) is 0 Å². The van der Waals surface area contributed by atoms with Crippen molar-refractivity contribution < 1.29 is 0 Å². The zero-order chi connectivity index (χ0) is 51.0. The van der Waals surface area contributed by atoms with Gasteiger partial charge in [0.25, 0.3) is 6.71 Å². The van der Waals surface area contributed by atoms with E-state index in [-0.39, 0.29) is 33.8 Å². The molecule has 4 heteroatoms. The minimum absolute atomic E-state index is 0.0107. The molecule has 2 aliphatic heterocycles. The van der Waals surface area contributed by atoms with Crippen LogP contribution in [0.15, 0.2) is 133 Å². The van der Waals surface area contributed by atoms with E-state index in [9.17, 15) is 0 Å². The monoisotopic (exact) mass is 963 g/mol. The number of aryl methyl sites for hydroxylation is 1. The van der Waals surface area contributed by atoms with E-state index in [4.69, 9.17) is 0 Å². The molecular weight excluding hydrogens is 888 g/mol. The number of hydrogen-bond acceptors (Lipinski definition) is 3. The van der Waals surface area contributed by atoms with Crippen molar-refractivity contribution in [3.63, 3.8) is 0 Å². The van der Waals surface area contributed by atoms with E-state index >= 15 is 0 Å². The highest BCUT2D eigenvalue weighted by molar-refractivity contribution is 7.33. The first-order valence-corrected chi connectivity index (χ1v) is 27.7. The fourth-order valence-electron chi connectivity index (χ4n) is 11.9. The Hall–Kier alpha value is -5.84. The molecule has 11 rings (SSSR count). The number of anilines is 6. The first kappa shape index (κ1) is 48.4. The van der Waals surface area contributed by atoms with Crippen LogP contribution in [0.25, 0.3) is 32.3 Å². The van der Waals surface area contributed by atoms with Crippen molar-refractivity contribution in [2.45, 2.75) is 157 Å². The SMILES string of the molecule is CC(C)(C)c1cc(-c2ccccc2N2c3ccc(C(C)(C)C)cc3B3c4sc5ccc(C(C)(C)C)cc5c4N(c4ccc(C(C)(C)C)cc4-c4cccc5c4CCCC5)c4cccc2c43)cc(C(C)(C)C)c1. The molecular formula is C68H75BN2S. The van der Waals surface area contributed by atoms with Crippen LogP contribution < -0.4 is 25.5 Å². The van der Waals surface area contributed by atoms with E-state index in [2.05, 4.69) is 247 Å². The third-order valence-electron chi connectivity index (χ3n) is 16.2. The van der Waals surface area contributed by atoms with E-state index in [1.807, 2.05) is 11.3 Å². The molecule has 0 saturated carbocycles. The highest BCUT2D eigenvalue weighted by Gasteiger charge is 2.46. The highest BCUT2D eigenvalue weighted by Crippen LogP contribution is 2.53. The number of para-hydroxylation sites is 1. The smallest absolute Gasteiger partial charge is 0.264 e. The minimum atomic E-state index is -0.0435. The van der Waals surface area contributed by atoms with Gasteiger partial charge in [-0.05, 0) is 162 Å². The Balaban J connectivity index is 1.25. The van der Waals surface area contributed by atoms with Crippen molar-refractivity contribution in [1.82, 2.24) is 0 Å². The standard InChI is InChI=1S/C68H75BN2S/c1-64(2,3)44-30-33-56(52(39-44)51-26-20-23-42-22-16-17-24-49(42)51)71-59-29-21-28-58-61(59)69(63-62(71)53-40-45(65(4,5)6)32-35-60(53)72-63)54-41-46(66(7,8)9)31-34-57(54)70(58)55-27-19-18-25-50(55)43-36-47(67(10,11)12)38-48(37-43)68(13,14)15/h18-21,23,25-41H,16-17,22,24H2,1-15H3. The van der Waals surface area contributed by atoms with E-state index in [0.29, 0.717) is 0 Å². The van der Waals surface area contributed by atoms with Crippen LogP contribution in [0.5, 0.6) is 0 Å². The van der Waals surface area contributed by atoms with Gasteiger partial charge in [0, 0.05) is 43.1 Å². The van der Waals surface area contributed by atoms with Gasteiger partial charge in [-0.3, -0.25) is 0 Å². The predicted octanol–water partition coefficient (Wildman–Crippen LogP) is 17.7. The minimum Gasteiger partial charge on any atom is -0.311 e. The molecule has 2 nitrogen and oxygen atoms in total. The molecule has 0 radical (unpaired) electrons. The summed E-state index contributed by atoms with van der Waals surface area (Å²) in [6.45, 7) is 35.4. The van der Waals surface area contributed by atoms with Crippen LogP contribution in [0.2, 0.25) is 0 Å². The molecule has 0 saturated heterocycles. The van der Waals surface area contributed by atoms with Gasteiger partial charge in [0.15, 0.2) is 0 Å². The normalized spacial score (nSPS) is 14.8. The predicted molar refractivity (Wildman–Crippen MR) is 317 cm³/mol. The summed E-state index contributed by atoms with van der Waals surface area (Å²) in [5.41, 5.74) is 25.3. The summed E-state index contributed by atoms with van der Waals surface area (Å²) in [4.78, 5) is 5.36. The fraction of sp³-hybridized carbons (Fsp3) is 0.353. The van der Waals surface area contributed by atoms with Crippen molar-refractivity contribution in [3.8, 4) is 22.3 Å². The fourth-order valence-corrected chi connectivity index (χ4v) is 13.2. The summed E-state index contributed by atoms with van der Waals surface area (Å²) in [5, 5.41) is 1.34. The van der Waals surface area contributed by atoms with Gasteiger partial charge in [-0.2, -0.15) is 0 Å². The first-order valence-electron chi connectivity index (χ1n) is 26.8. The summed E-state index contributed by atoms with van der Waals surface area (Å²) in [5.74, 6) is 0. The van der Waals surface area contributed by atoms with Crippen LogP contribution in [0.4, 0.5) is 34.1 Å². The Morgan fingerprint density at radius 3 is 1.61 bits per heavy atom. The lowest BCUT2D eigenvalue weighted by atomic mass is 9.36. The number of benzene rings is 7. The number of fused-ring (bicyclic) bond motifs is 7. The molecule has 0 atom stereocenters. The van der Waals surface area contributed by atoms with Crippen molar-refractivity contribution >= 4 is 78.0 Å². The summed E-state index contributed by atoms with van der Waals surface area (Å²) in [6, 6.07) is 53.2. The van der Waals surface area contributed by atoms with Gasteiger partial charge < -0.3 is 9.80 Å². The maximum absolute atomic E-state index is 2.73. The summed E-state index contributed by atoms with van der Waals surface area (Å²) in [6.07, 6.45) is 4.75. The van der Waals surface area contributed by atoms with Crippen LogP contribution in [-0.4, -0.2) is 6.71 Å². The maximum Gasteiger partial charge on any atom is 0.264 e. The van der Waals surface area contributed by atoms with Crippen molar-refractivity contribution in [2.24, 2.45) is 0 Å². The molecule has 0 unspecified atom stereocenters. The van der Waals surface area contributed by atoms with Gasteiger partial charge in [-0.15, -0.1) is 11.3 Å². The lowest BCUT2D eigenvalue weighted by Crippen LogP contribution is -2.60. The second-order valence-electron chi connectivity index (χ2n) is 26.6. The van der Waals surface area contributed by atoms with Gasteiger partial charge in [0.1, 0.15) is 0 Å². The Morgan fingerprint density at radius 1 is 0.417 bits per heavy atom. The zero-order valence-corrected chi connectivity index (χ0v) is 46.7. The second-order valence-corrected chi connectivity index (χ2v) is 27.6. The van der Waals surface area contributed by atoms with Crippen LogP contribution in [0.1, 0.15) is 156 Å². The molecule has 8 aromatic rings. The molecule has 3 aliphatic rings. The van der Waals surface area contributed by atoms with Crippen LogP contribution in [-0.2, 0) is 39.9 Å². The molecule has 1 aliphatic carbocycles. The van der Waals surface area contributed by atoms with Crippen LogP contribution >= 0.6 is 11.3 Å². The molecule has 3 heterocycles. The number of rotatable bonds is 4. The number of thiophene rings is 1. The van der Waals surface area contributed by atoms with E-state index < -0.39 is 0 Å². The summed E-state index contributed by atoms with van der Waals surface area (Å²) >= 11 is 2.01. The average Bonchev–Trinajstić information content (AvgIpc) is 3.70. The van der Waals surface area contributed by atoms with Crippen molar-refractivity contribution in [1.29, 1.82) is 0 Å². The highest BCUT2D eigenvalue weighted by atomic mass is 32.1. The quantitative estimate of drug-likeness (QED) is 0.162. The summed E-state index contributed by atoms with van der Waals surface area (Å²) in [7, 11) is 0. The third-order valence-corrected chi connectivity index (χ3v) is 17.5. The average molecular weight is 963 g/mol. The molecule has 0 bridgehead atoms. The topological polar surface area (TPSA) is 6.48 Å². The van der Waals surface area contributed by atoms with Crippen LogP contribution in [0, 0.1) is 0 Å². The largest absolute Gasteiger partial charge is 0.311 e. The van der Waals surface area contributed by atoms with Crippen molar-refractivity contribution in [3.05, 3.63) is 172 Å². The van der Waals surface area contributed by atoms with Gasteiger partial charge in [-0.1, -0.05) is 189 Å². The van der Waals surface area contributed by atoms with Gasteiger partial charge in [0.05, 0.1) is 17.1 Å². The maximum atomic E-state index is 2.73. The molecule has 366 valence electrons. The molecule has 7 aromatic carbocycles.